The highest BCUT2D eigenvalue weighted by atomic mass is 35.5. The molecule has 4 heteroatoms. The molecule has 0 spiro atoms. The van der Waals surface area contributed by atoms with Crippen molar-refractivity contribution in [1.82, 2.24) is 0 Å². The molecule has 1 aromatic rings. The number of aliphatic imine (C=N–C) groups is 1. The molecular weight excluding hydrogens is 213 g/mol. The van der Waals surface area contributed by atoms with Crippen LogP contribution in [-0.4, -0.2) is 5.16 Å². The molecule has 0 bridgehead atoms. The number of isothiocyanates is 1. The van der Waals surface area contributed by atoms with Crippen LogP contribution < -0.4 is 0 Å². The van der Waals surface area contributed by atoms with E-state index >= 15 is 0 Å². The summed E-state index contributed by atoms with van der Waals surface area (Å²) in [6, 6.07) is 5.26. The topological polar surface area (TPSA) is 12.4 Å². The lowest BCUT2D eigenvalue weighted by atomic mass is 10.2. The van der Waals surface area contributed by atoms with Gasteiger partial charge in [0.15, 0.2) is 0 Å². The molecule has 1 aromatic carbocycles. The van der Waals surface area contributed by atoms with E-state index in [1.165, 1.54) is 0 Å². The second-order valence-electron chi connectivity index (χ2n) is 2.19. The quantitative estimate of drug-likeness (QED) is 0.545. The smallest absolute Gasteiger partial charge is 0.0744 e. The van der Waals surface area contributed by atoms with Gasteiger partial charge in [-0.05, 0) is 36.0 Å². The number of thiocarbonyl (C=S) groups is 1. The Labute approximate surface area is 86.0 Å². The number of halogens is 2. The highest BCUT2D eigenvalue weighted by molar-refractivity contribution is 7.78. The molecule has 62 valence electrons. The first-order valence-corrected chi connectivity index (χ1v) is 4.37. The van der Waals surface area contributed by atoms with Gasteiger partial charge in [-0.1, -0.05) is 23.2 Å². The van der Waals surface area contributed by atoms with Crippen LogP contribution in [0.1, 0.15) is 5.56 Å². The molecule has 0 N–H and O–H groups in total. The summed E-state index contributed by atoms with van der Waals surface area (Å²) in [5.74, 6) is 0. The van der Waals surface area contributed by atoms with Crippen LogP contribution in [0.3, 0.4) is 0 Å². The average molecular weight is 218 g/mol. The molecule has 0 aliphatic carbocycles. The first-order chi connectivity index (χ1) is 5.72. The summed E-state index contributed by atoms with van der Waals surface area (Å²) >= 11 is 15.9. The minimum atomic E-state index is 0.476. The predicted molar refractivity (Wildman–Crippen MR) is 55.2 cm³/mol. The number of rotatable bonds is 2. The van der Waals surface area contributed by atoms with Crippen LogP contribution in [0.5, 0.6) is 0 Å². The van der Waals surface area contributed by atoms with E-state index in [9.17, 15) is 0 Å². The van der Waals surface area contributed by atoms with Gasteiger partial charge in [0.1, 0.15) is 0 Å². The van der Waals surface area contributed by atoms with E-state index in [-0.39, 0.29) is 0 Å². The highest BCUT2D eigenvalue weighted by Crippen LogP contribution is 2.19. The van der Waals surface area contributed by atoms with E-state index in [4.69, 9.17) is 23.2 Å². The van der Waals surface area contributed by atoms with Crippen LogP contribution in [-0.2, 0) is 6.54 Å². The van der Waals surface area contributed by atoms with Gasteiger partial charge in [0.2, 0.25) is 0 Å². The van der Waals surface area contributed by atoms with Crippen molar-refractivity contribution in [1.29, 1.82) is 0 Å². The van der Waals surface area contributed by atoms with Crippen LogP contribution in [0, 0.1) is 0 Å². The summed E-state index contributed by atoms with van der Waals surface area (Å²) < 4.78 is 0. The molecule has 0 aromatic heterocycles. The van der Waals surface area contributed by atoms with Gasteiger partial charge in [0.25, 0.3) is 0 Å². The second kappa shape index (κ2) is 4.58. The minimum Gasteiger partial charge on any atom is -0.228 e. The van der Waals surface area contributed by atoms with Crippen LogP contribution in [0.15, 0.2) is 23.2 Å². The Kier molecular flexibility index (Phi) is 3.70. The van der Waals surface area contributed by atoms with E-state index in [1.807, 2.05) is 0 Å². The van der Waals surface area contributed by atoms with Crippen molar-refractivity contribution in [2.45, 2.75) is 6.54 Å². The Hall–Kier alpha value is -0.400. The van der Waals surface area contributed by atoms with Gasteiger partial charge in [0.05, 0.1) is 11.7 Å². The number of nitrogens with zero attached hydrogens (tertiary/aromatic N) is 1. The van der Waals surface area contributed by atoms with Gasteiger partial charge in [-0.25, -0.2) is 4.99 Å². The SMILES string of the molecule is S=C=NCc1cc(Cl)cc(Cl)c1. The summed E-state index contributed by atoms with van der Waals surface area (Å²) in [6.07, 6.45) is 0. The zero-order valence-electron chi connectivity index (χ0n) is 6.05. The van der Waals surface area contributed by atoms with Crippen molar-refractivity contribution in [2.24, 2.45) is 4.99 Å². The normalized spacial score (nSPS) is 9.17. The molecule has 1 nitrogen and oxygen atoms in total. The molecule has 1 rings (SSSR count). The van der Waals surface area contributed by atoms with Crippen molar-refractivity contribution in [3.05, 3.63) is 33.8 Å². The van der Waals surface area contributed by atoms with E-state index in [2.05, 4.69) is 22.4 Å². The number of hydrogen-bond acceptors (Lipinski definition) is 2. The maximum absolute atomic E-state index is 5.76. The second-order valence-corrected chi connectivity index (χ2v) is 3.24. The maximum Gasteiger partial charge on any atom is 0.0744 e. The molecular formula is C8H5Cl2NS. The summed E-state index contributed by atoms with van der Waals surface area (Å²) in [5, 5.41) is 3.49. The standard InChI is InChI=1S/C8H5Cl2NS/c9-7-1-6(4-11-5-12)2-8(10)3-7/h1-3H,4H2. The summed E-state index contributed by atoms with van der Waals surface area (Å²) in [4.78, 5) is 3.77. The zero-order valence-corrected chi connectivity index (χ0v) is 8.38. The van der Waals surface area contributed by atoms with Crippen molar-refractivity contribution in [2.75, 3.05) is 0 Å². The maximum atomic E-state index is 5.76. The van der Waals surface area contributed by atoms with Gasteiger partial charge >= 0.3 is 0 Å². The number of hydrogen-bond donors (Lipinski definition) is 0. The number of benzene rings is 1. The monoisotopic (exact) mass is 217 g/mol. The summed E-state index contributed by atoms with van der Waals surface area (Å²) in [6.45, 7) is 0.476. The van der Waals surface area contributed by atoms with E-state index < -0.39 is 0 Å². The van der Waals surface area contributed by atoms with Gasteiger partial charge in [-0.15, -0.1) is 0 Å². The van der Waals surface area contributed by atoms with Crippen molar-refractivity contribution >= 4 is 40.6 Å². The molecule has 0 atom stereocenters. The van der Waals surface area contributed by atoms with Crippen LogP contribution >= 0.6 is 35.4 Å². The lowest BCUT2D eigenvalue weighted by Crippen LogP contribution is -1.80. The van der Waals surface area contributed by atoms with Gasteiger partial charge in [-0.3, -0.25) is 0 Å². The van der Waals surface area contributed by atoms with Crippen molar-refractivity contribution < 1.29 is 0 Å². The molecule has 0 radical (unpaired) electrons. The first kappa shape index (κ1) is 9.69. The fourth-order valence-electron chi connectivity index (χ4n) is 0.826. The Bertz CT molecular complexity index is 312. The fraction of sp³-hybridized carbons (Fsp3) is 0.125. The zero-order chi connectivity index (χ0) is 8.97. The molecule has 0 aliphatic heterocycles. The van der Waals surface area contributed by atoms with Gasteiger partial charge in [0, 0.05) is 10.0 Å². The van der Waals surface area contributed by atoms with E-state index in [0.29, 0.717) is 16.6 Å². The van der Waals surface area contributed by atoms with E-state index in [1.54, 1.807) is 18.2 Å². The fourth-order valence-corrected chi connectivity index (χ4v) is 1.46. The minimum absolute atomic E-state index is 0.476. The largest absolute Gasteiger partial charge is 0.228 e. The highest BCUT2D eigenvalue weighted by Gasteiger charge is 1.96. The van der Waals surface area contributed by atoms with Crippen molar-refractivity contribution in [3.63, 3.8) is 0 Å². The third kappa shape index (κ3) is 2.92. The Morgan fingerprint density at radius 2 is 1.83 bits per heavy atom. The average Bonchev–Trinajstić information content (AvgIpc) is 1.99. The predicted octanol–water partition coefficient (Wildman–Crippen LogP) is 3.60. The van der Waals surface area contributed by atoms with Crippen LogP contribution in [0.4, 0.5) is 0 Å². The molecule has 0 saturated heterocycles. The molecule has 12 heavy (non-hydrogen) atoms. The van der Waals surface area contributed by atoms with Gasteiger partial charge in [-0.2, -0.15) is 0 Å². The first-order valence-electron chi connectivity index (χ1n) is 3.21. The third-order valence-corrected chi connectivity index (χ3v) is 1.81. The Balaban J connectivity index is 2.92. The molecule has 0 saturated carbocycles. The molecule has 0 heterocycles. The Morgan fingerprint density at radius 3 is 2.33 bits per heavy atom. The Morgan fingerprint density at radius 1 is 1.25 bits per heavy atom. The molecule has 0 unspecified atom stereocenters. The van der Waals surface area contributed by atoms with Crippen LogP contribution in [0.25, 0.3) is 0 Å². The summed E-state index contributed by atoms with van der Waals surface area (Å²) in [7, 11) is 0. The van der Waals surface area contributed by atoms with Crippen LogP contribution in [0.2, 0.25) is 10.0 Å². The molecule has 0 aliphatic rings. The van der Waals surface area contributed by atoms with Gasteiger partial charge < -0.3 is 0 Å². The van der Waals surface area contributed by atoms with Crippen molar-refractivity contribution in [3.8, 4) is 0 Å². The summed E-state index contributed by atoms with van der Waals surface area (Å²) in [5.41, 5.74) is 0.935. The van der Waals surface area contributed by atoms with E-state index in [0.717, 1.165) is 5.56 Å². The lowest BCUT2D eigenvalue weighted by molar-refractivity contribution is 1.08. The third-order valence-electron chi connectivity index (χ3n) is 1.25. The lowest BCUT2D eigenvalue weighted by Gasteiger charge is -1.97. The molecule has 0 amide bonds. The molecule has 0 fully saturated rings.